The van der Waals surface area contributed by atoms with E-state index in [0.29, 0.717) is 18.7 Å². The Kier molecular flexibility index (Phi) is 3.99. The largest absolute Gasteiger partial charge is 0.383 e. The molecule has 3 heteroatoms. The maximum Gasteiger partial charge on any atom is 0.251 e. The van der Waals surface area contributed by atoms with Crippen LogP contribution in [0.5, 0.6) is 0 Å². The summed E-state index contributed by atoms with van der Waals surface area (Å²) in [4.78, 5) is 11.3. The molecule has 0 aliphatic rings. The van der Waals surface area contributed by atoms with E-state index in [9.17, 15) is 4.79 Å². The zero-order valence-electron chi connectivity index (χ0n) is 7.54. The Morgan fingerprint density at radius 1 is 1.62 bits per heavy atom. The Labute approximate surface area is 77.7 Å². The molecule has 0 aliphatic carbocycles. The first-order valence-electron chi connectivity index (χ1n) is 4.08. The first kappa shape index (κ1) is 9.74. The second kappa shape index (κ2) is 5.32. The number of methoxy groups -OCH3 is 1. The summed E-state index contributed by atoms with van der Waals surface area (Å²) in [5, 5.41) is 2.70. The molecule has 0 saturated heterocycles. The minimum atomic E-state index is -0.113. The molecule has 3 nitrogen and oxygen atoms in total. The molecule has 0 spiro atoms. The van der Waals surface area contributed by atoms with E-state index in [1.54, 1.807) is 19.2 Å². The van der Waals surface area contributed by atoms with Crippen LogP contribution in [0.3, 0.4) is 0 Å². The lowest BCUT2D eigenvalue weighted by Gasteiger charge is -2.02. The van der Waals surface area contributed by atoms with Gasteiger partial charge in [-0.25, -0.2) is 0 Å². The van der Waals surface area contributed by atoms with Crippen molar-refractivity contribution in [3.05, 3.63) is 35.9 Å². The normalized spacial score (nSPS) is 9.62. The summed E-state index contributed by atoms with van der Waals surface area (Å²) in [5.74, 6) is -0.113. The van der Waals surface area contributed by atoms with E-state index in [4.69, 9.17) is 4.74 Å². The van der Waals surface area contributed by atoms with Gasteiger partial charge in [0.2, 0.25) is 0 Å². The molecule has 0 aliphatic heterocycles. The second-order valence-electron chi connectivity index (χ2n) is 2.52. The Morgan fingerprint density at radius 2 is 2.46 bits per heavy atom. The highest BCUT2D eigenvalue weighted by atomic mass is 16.5. The summed E-state index contributed by atoms with van der Waals surface area (Å²) in [5.41, 5.74) is 0.554. The third-order valence-corrected chi connectivity index (χ3v) is 1.55. The van der Waals surface area contributed by atoms with Crippen LogP contribution in [0.15, 0.2) is 24.3 Å². The summed E-state index contributed by atoms with van der Waals surface area (Å²) < 4.78 is 4.80. The highest BCUT2D eigenvalue weighted by Gasteiger charge is 2.02. The monoisotopic (exact) mass is 178 g/mol. The van der Waals surface area contributed by atoms with Gasteiger partial charge in [0.15, 0.2) is 0 Å². The van der Waals surface area contributed by atoms with Crippen molar-refractivity contribution < 1.29 is 9.53 Å². The smallest absolute Gasteiger partial charge is 0.251 e. The SMILES string of the molecule is COCCNC(=O)c1[c]cccc1. The van der Waals surface area contributed by atoms with E-state index in [2.05, 4.69) is 11.4 Å². The van der Waals surface area contributed by atoms with Crippen LogP contribution in [0.4, 0.5) is 0 Å². The molecule has 1 amide bonds. The summed E-state index contributed by atoms with van der Waals surface area (Å²) in [7, 11) is 1.60. The van der Waals surface area contributed by atoms with E-state index in [1.807, 2.05) is 12.1 Å². The van der Waals surface area contributed by atoms with Gasteiger partial charge < -0.3 is 10.1 Å². The van der Waals surface area contributed by atoms with Crippen LogP contribution in [0.25, 0.3) is 0 Å². The van der Waals surface area contributed by atoms with Gasteiger partial charge in [0.1, 0.15) is 0 Å². The lowest BCUT2D eigenvalue weighted by molar-refractivity contribution is 0.0937. The number of hydrogen-bond acceptors (Lipinski definition) is 2. The number of rotatable bonds is 4. The molecule has 0 unspecified atom stereocenters. The summed E-state index contributed by atoms with van der Waals surface area (Å²) in [6.45, 7) is 1.05. The topological polar surface area (TPSA) is 38.3 Å². The third kappa shape index (κ3) is 3.25. The molecule has 1 aromatic rings. The van der Waals surface area contributed by atoms with Crippen LogP contribution in [-0.2, 0) is 4.74 Å². The molecule has 13 heavy (non-hydrogen) atoms. The van der Waals surface area contributed by atoms with E-state index in [-0.39, 0.29) is 5.91 Å². The van der Waals surface area contributed by atoms with Crippen LogP contribution < -0.4 is 5.32 Å². The number of benzene rings is 1. The molecule has 1 aromatic carbocycles. The van der Waals surface area contributed by atoms with Gasteiger partial charge in [-0.3, -0.25) is 4.79 Å². The van der Waals surface area contributed by atoms with Gasteiger partial charge in [-0.1, -0.05) is 18.2 Å². The van der Waals surface area contributed by atoms with Crippen LogP contribution >= 0.6 is 0 Å². The minimum Gasteiger partial charge on any atom is -0.383 e. The summed E-state index contributed by atoms with van der Waals surface area (Å²) >= 11 is 0. The third-order valence-electron chi connectivity index (χ3n) is 1.55. The second-order valence-corrected chi connectivity index (χ2v) is 2.52. The average molecular weight is 178 g/mol. The highest BCUT2D eigenvalue weighted by molar-refractivity contribution is 5.93. The van der Waals surface area contributed by atoms with Crippen molar-refractivity contribution >= 4 is 5.91 Å². The van der Waals surface area contributed by atoms with Gasteiger partial charge in [0.05, 0.1) is 6.61 Å². The van der Waals surface area contributed by atoms with E-state index in [0.717, 1.165) is 0 Å². The molecule has 0 heterocycles. The Bertz CT molecular complexity index is 259. The lowest BCUT2D eigenvalue weighted by atomic mass is 10.2. The maximum atomic E-state index is 11.3. The van der Waals surface area contributed by atoms with Crippen molar-refractivity contribution in [2.75, 3.05) is 20.3 Å². The maximum absolute atomic E-state index is 11.3. The number of carbonyl (C=O) groups is 1. The number of amides is 1. The molecule has 1 radical (unpaired) electrons. The van der Waals surface area contributed by atoms with Gasteiger partial charge >= 0.3 is 0 Å². The standard InChI is InChI=1S/C10H12NO2/c1-13-8-7-11-10(12)9-5-3-2-4-6-9/h2-5H,7-8H2,1H3,(H,11,12). The predicted octanol–water partition coefficient (Wildman–Crippen LogP) is 0.863. The molecule has 69 valence electrons. The van der Waals surface area contributed by atoms with Crippen molar-refractivity contribution in [3.8, 4) is 0 Å². The molecule has 1 rings (SSSR count). The first-order valence-corrected chi connectivity index (χ1v) is 4.08. The molecule has 0 bridgehead atoms. The van der Waals surface area contributed by atoms with Crippen LogP contribution in [0.2, 0.25) is 0 Å². The molecular weight excluding hydrogens is 166 g/mol. The van der Waals surface area contributed by atoms with Crippen molar-refractivity contribution in [2.45, 2.75) is 0 Å². The zero-order chi connectivity index (χ0) is 9.52. The quantitative estimate of drug-likeness (QED) is 0.694. The van der Waals surface area contributed by atoms with Crippen molar-refractivity contribution in [2.24, 2.45) is 0 Å². The van der Waals surface area contributed by atoms with E-state index >= 15 is 0 Å². The summed E-state index contributed by atoms with van der Waals surface area (Å²) in [6.07, 6.45) is 0. The number of hydrogen-bond donors (Lipinski definition) is 1. The van der Waals surface area contributed by atoms with Gasteiger partial charge in [-0.05, 0) is 12.1 Å². The van der Waals surface area contributed by atoms with Gasteiger partial charge in [0, 0.05) is 19.2 Å². The average Bonchev–Trinajstić information content (AvgIpc) is 2.19. The Hall–Kier alpha value is -1.35. The molecule has 0 aromatic heterocycles. The molecule has 0 atom stereocenters. The number of nitrogens with one attached hydrogen (secondary N) is 1. The van der Waals surface area contributed by atoms with E-state index < -0.39 is 0 Å². The Morgan fingerprint density at radius 3 is 3.08 bits per heavy atom. The van der Waals surface area contributed by atoms with Gasteiger partial charge in [-0.2, -0.15) is 0 Å². The fourth-order valence-corrected chi connectivity index (χ4v) is 0.896. The lowest BCUT2D eigenvalue weighted by Crippen LogP contribution is -2.26. The zero-order valence-corrected chi connectivity index (χ0v) is 7.54. The van der Waals surface area contributed by atoms with Gasteiger partial charge in [-0.15, -0.1) is 0 Å². The Balaban J connectivity index is 2.40. The molecular formula is C10H12NO2. The van der Waals surface area contributed by atoms with Gasteiger partial charge in [0.25, 0.3) is 5.91 Å². The fraction of sp³-hybridized carbons (Fsp3) is 0.300. The summed E-state index contributed by atoms with van der Waals surface area (Å²) in [6, 6.07) is 9.91. The van der Waals surface area contributed by atoms with Crippen molar-refractivity contribution in [1.82, 2.24) is 5.32 Å². The van der Waals surface area contributed by atoms with Crippen LogP contribution in [0.1, 0.15) is 10.4 Å². The van der Waals surface area contributed by atoms with Crippen LogP contribution in [-0.4, -0.2) is 26.2 Å². The fourth-order valence-electron chi connectivity index (χ4n) is 0.896. The molecule has 0 fully saturated rings. The molecule has 1 N–H and O–H groups in total. The number of ether oxygens (including phenoxy) is 1. The highest BCUT2D eigenvalue weighted by Crippen LogP contribution is 1.95. The first-order chi connectivity index (χ1) is 6.34. The predicted molar refractivity (Wildman–Crippen MR) is 49.5 cm³/mol. The molecule has 0 saturated carbocycles. The number of carbonyl (C=O) groups excluding carboxylic acids is 1. The van der Waals surface area contributed by atoms with Crippen molar-refractivity contribution in [1.29, 1.82) is 0 Å². The van der Waals surface area contributed by atoms with Crippen molar-refractivity contribution in [3.63, 3.8) is 0 Å². The van der Waals surface area contributed by atoms with E-state index in [1.165, 1.54) is 0 Å². The minimum absolute atomic E-state index is 0.113. The van der Waals surface area contributed by atoms with Crippen LogP contribution in [0, 0.1) is 6.07 Å².